The van der Waals surface area contributed by atoms with Gasteiger partial charge < -0.3 is 29.4 Å². The molecule has 6 aromatic rings. The minimum atomic E-state index is -0.410. The van der Waals surface area contributed by atoms with Gasteiger partial charge in [0.25, 0.3) is 0 Å². The average Bonchev–Trinajstić information content (AvgIpc) is 3.95. The van der Waals surface area contributed by atoms with Crippen molar-refractivity contribution in [3.63, 3.8) is 0 Å². The minimum absolute atomic E-state index is 0.0486. The van der Waals surface area contributed by atoms with Crippen LogP contribution in [-0.2, 0) is 21.6 Å². The second-order valence-electron chi connectivity index (χ2n) is 19.3. The Morgan fingerprint density at radius 3 is 2.47 bits per heavy atom. The molecule has 0 bridgehead atoms. The highest BCUT2D eigenvalue weighted by Crippen LogP contribution is 2.36. The number of carbonyl (C=O) groups is 3. The van der Waals surface area contributed by atoms with Crippen LogP contribution in [0.3, 0.4) is 0 Å². The van der Waals surface area contributed by atoms with Gasteiger partial charge in [0.2, 0.25) is 5.91 Å². The molecule has 0 aliphatic carbocycles. The zero-order valence-corrected chi connectivity index (χ0v) is 38.3. The summed E-state index contributed by atoms with van der Waals surface area (Å²) in [4.78, 5) is 63.4. The van der Waals surface area contributed by atoms with Gasteiger partial charge in [-0.15, -0.1) is 0 Å². The van der Waals surface area contributed by atoms with Crippen molar-refractivity contribution < 1.29 is 23.6 Å². The number of aromatic amines is 1. The lowest BCUT2D eigenvalue weighted by molar-refractivity contribution is -0.120. The van der Waals surface area contributed by atoms with E-state index < -0.39 is 5.91 Å². The summed E-state index contributed by atoms with van der Waals surface area (Å²) in [5.41, 5.74) is 10.7. The lowest BCUT2D eigenvalue weighted by Gasteiger charge is -2.44. The number of carbonyl (C=O) groups excluding carboxylic acids is 3. The first-order valence-electron chi connectivity index (χ1n) is 23.1. The number of nitrogens with one attached hydrogen (secondary N) is 3. The summed E-state index contributed by atoms with van der Waals surface area (Å²) >= 11 is 0. The molecule has 4 aliphatic rings. The number of hydrogen-bond acceptors (Lipinski definition) is 12. The van der Waals surface area contributed by atoms with E-state index in [0.717, 1.165) is 102 Å². The van der Waals surface area contributed by atoms with Crippen LogP contribution in [0.15, 0.2) is 77.6 Å². The molecule has 16 nitrogen and oxygen atoms in total. The van der Waals surface area contributed by atoms with E-state index in [9.17, 15) is 14.4 Å². The van der Waals surface area contributed by atoms with Crippen molar-refractivity contribution in [1.82, 2.24) is 40.6 Å². The third-order valence-corrected chi connectivity index (χ3v) is 13.6. The number of aryl methyl sites for hydroxylation is 1. The lowest BCUT2D eigenvalue weighted by Crippen LogP contribution is -2.56. The topological polar surface area (TPSA) is 178 Å². The van der Waals surface area contributed by atoms with Crippen molar-refractivity contribution in [2.75, 3.05) is 67.1 Å². The van der Waals surface area contributed by atoms with E-state index in [-0.39, 0.29) is 35.3 Å². The molecule has 3 aromatic heterocycles. The molecule has 16 heteroatoms. The zero-order chi connectivity index (χ0) is 45.7. The summed E-state index contributed by atoms with van der Waals surface area (Å²) in [7, 11) is 0. The number of anilines is 3. The van der Waals surface area contributed by atoms with Crippen molar-refractivity contribution in [3.8, 4) is 22.5 Å². The van der Waals surface area contributed by atoms with E-state index in [2.05, 4.69) is 87.9 Å². The minimum Gasteiger partial charge on any atom is -0.375 e. The smallest absolute Gasteiger partial charge is 0.328 e. The Labute approximate surface area is 384 Å². The van der Waals surface area contributed by atoms with Gasteiger partial charge in [0.1, 0.15) is 12.0 Å². The van der Waals surface area contributed by atoms with E-state index in [4.69, 9.17) is 14.2 Å². The van der Waals surface area contributed by atoms with E-state index in [1.807, 2.05) is 58.9 Å². The summed E-state index contributed by atoms with van der Waals surface area (Å²) in [5, 5.41) is 10.3. The Morgan fingerprint density at radius 2 is 1.71 bits per heavy atom. The largest absolute Gasteiger partial charge is 0.375 e. The molecule has 3 aromatic carbocycles. The van der Waals surface area contributed by atoms with Gasteiger partial charge in [-0.05, 0) is 97.8 Å². The van der Waals surface area contributed by atoms with E-state index in [0.29, 0.717) is 37.9 Å². The monoisotopic (exact) mass is 891 g/mol. The maximum Gasteiger partial charge on any atom is 0.328 e. The normalized spacial score (nSPS) is 19.0. The molecule has 7 heterocycles. The summed E-state index contributed by atoms with van der Waals surface area (Å²) in [6, 6.07) is 22.8. The van der Waals surface area contributed by atoms with Crippen molar-refractivity contribution in [1.29, 1.82) is 0 Å². The molecular formula is C50H57N11O5. The van der Waals surface area contributed by atoms with E-state index in [1.54, 1.807) is 11.2 Å². The third-order valence-electron chi connectivity index (χ3n) is 13.6. The predicted molar refractivity (Wildman–Crippen MR) is 252 cm³/mol. The third kappa shape index (κ3) is 8.74. The number of urea groups is 1. The predicted octanol–water partition coefficient (Wildman–Crippen LogP) is 7.16. The van der Waals surface area contributed by atoms with Crippen molar-refractivity contribution in [2.45, 2.75) is 78.0 Å². The number of imide groups is 1. The number of nitrogens with zero attached hydrogens (tertiary/aromatic N) is 8. The Morgan fingerprint density at radius 1 is 0.924 bits per heavy atom. The molecule has 66 heavy (non-hydrogen) atoms. The number of hydrogen-bond donors (Lipinski definition) is 3. The van der Waals surface area contributed by atoms with Crippen LogP contribution < -0.4 is 25.3 Å². The number of rotatable bonds is 9. The molecule has 3 N–H and O–H groups in total. The molecule has 0 saturated carbocycles. The van der Waals surface area contributed by atoms with Gasteiger partial charge in [0.15, 0.2) is 5.82 Å². The molecule has 0 unspecified atom stereocenters. The van der Waals surface area contributed by atoms with E-state index >= 15 is 0 Å². The van der Waals surface area contributed by atoms with Crippen LogP contribution in [0.25, 0.3) is 33.5 Å². The highest BCUT2D eigenvalue weighted by molar-refractivity contribution is 6.05. The second kappa shape index (κ2) is 17.6. The molecule has 0 radical (unpaired) electrons. The fourth-order valence-corrected chi connectivity index (χ4v) is 9.98. The molecule has 3 saturated heterocycles. The fourth-order valence-electron chi connectivity index (χ4n) is 9.98. The van der Waals surface area contributed by atoms with E-state index in [1.165, 1.54) is 16.9 Å². The molecule has 2 atom stereocenters. The standard InChI is InChI=1S/C50H57N11O5/c1-30-22-34(6-12-39(30)31(2)53-46(63)47-56-48(57-66-47)50(3,4)5)44-40-24-41(54-45(40)52-29-51-44)33-7-13-42-35(23-33)27-65-28-38-26-58(20-21-60(38)42)25-32-14-17-59(18-15-32)36-8-10-37(11-9-36)61-19-16-43(62)55-49(61)64/h6-13,22-24,29,31-32,38H,14-21,25-28H2,1-5H3,(H,53,63)(H,51,52,54)(H,55,62,64)/t31-,38-/m1/s1. The van der Waals surface area contributed by atoms with Crippen molar-refractivity contribution in [3.05, 3.63) is 101 Å². The Hall–Kier alpha value is -6.65. The highest BCUT2D eigenvalue weighted by atomic mass is 16.5. The summed E-state index contributed by atoms with van der Waals surface area (Å²) in [6.07, 6.45) is 4.20. The summed E-state index contributed by atoms with van der Waals surface area (Å²) in [6.45, 7) is 17.6. The molecule has 0 spiro atoms. The Balaban J connectivity index is 0.761. The van der Waals surface area contributed by atoms with Crippen LogP contribution in [0.4, 0.5) is 21.9 Å². The highest BCUT2D eigenvalue weighted by Gasteiger charge is 2.33. The number of piperidine rings is 1. The van der Waals surface area contributed by atoms with Gasteiger partial charge >= 0.3 is 17.8 Å². The fraction of sp³-hybridized carbons (Fsp3) is 0.420. The first kappa shape index (κ1) is 43.3. The average molecular weight is 892 g/mol. The maximum atomic E-state index is 13.0. The number of aromatic nitrogens is 5. The SMILES string of the molecule is Cc1cc(-c2ncnc3[nH]c(-c4ccc5c(c4)COC[C@H]4CN(CC6CCN(c7ccc(N8CCC(=O)NC8=O)cc7)CC6)CCN54)cc23)ccc1[C@@H](C)NC(=O)c1nc(C(C)(C)C)no1. The van der Waals surface area contributed by atoms with Crippen LogP contribution in [0.1, 0.15) is 86.2 Å². The summed E-state index contributed by atoms with van der Waals surface area (Å²) in [5.74, 6) is 0.449. The van der Waals surface area contributed by atoms with Crippen LogP contribution in [-0.4, -0.2) is 106 Å². The van der Waals surface area contributed by atoms with Gasteiger partial charge in [0.05, 0.1) is 31.0 Å². The molecule has 3 fully saturated rings. The molecule has 4 aliphatic heterocycles. The maximum absolute atomic E-state index is 13.0. The van der Waals surface area contributed by atoms with Gasteiger partial charge in [-0.1, -0.05) is 44.1 Å². The van der Waals surface area contributed by atoms with Gasteiger partial charge in [0, 0.05) is 96.9 Å². The van der Waals surface area contributed by atoms with Crippen LogP contribution in [0.5, 0.6) is 0 Å². The lowest BCUT2D eigenvalue weighted by atomic mass is 9.95. The second-order valence-corrected chi connectivity index (χ2v) is 19.3. The number of H-pyrrole nitrogens is 1. The molecule has 4 amide bonds. The van der Waals surface area contributed by atoms with Crippen molar-refractivity contribution >= 4 is 45.9 Å². The van der Waals surface area contributed by atoms with Crippen molar-refractivity contribution in [2.24, 2.45) is 5.92 Å². The number of fused-ring (bicyclic) bond motifs is 4. The van der Waals surface area contributed by atoms with Gasteiger partial charge in [-0.3, -0.25) is 24.7 Å². The molecule has 342 valence electrons. The number of benzene rings is 3. The van der Waals surface area contributed by atoms with Crippen LogP contribution in [0, 0.1) is 12.8 Å². The molecular weight excluding hydrogens is 835 g/mol. The first-order valence-corrected chi connectivity index (χ1v) is 23.1. The summed E-state index contributed by atoms with van der Waals surface area (Å²) < 4.78 is 11.7. The van der Waals surface area contributed by atoms with Crippen LogP contribution in [0.2, 0.25) is 0 Å². The van der Waals surface area contributed by atoms with Gasteiger partial charge in [-0.25, -0.2) is 14.8 Å². The number of amides is 4. The Kier molecular flexibility index (Phi) is 11.6. The quantitative estimate of drug-likeness (QED) is 0.134. The van der Waals surface area contributed by atoms with Gasteiger partial charge in [-0.2, -0.15) is 4.98 Å². The van der Waals surface area contributed by atoms with Crippen LogP contribution >= 0.6 is 0 Å². The first-order chi connectivity index (χ1) is 31.8. The number of ether oxygens (including phenoxy) is 1. The molecule has 10 rings (SSSR count). The number of piperazine rings is 1. The Bertz CT molecular complexity index is 2790. The zero-order valence-electron chi connectivity index (χ0n) is 38.3.